The van der Waals surface area contributed by atoms with Crippen molar-refractivity contribution in [2.75, 3.05) is 25.5 Å². The SMILES string of the molecule is COC1CCN(C(=O)c2cnc(Nc3cccc(Cl)c3)c3ccn(C)c23)CC1.Cl. The smallest absolute Gasteiger partial charge is 0.257 e. The highest BCUT2D eigenvalue weighted by atomic mass is 35.5. The third-order valence-electron chi connectivity index (χ3n) is 5.29. The standard InChI is InChI=1S/C21H23ClN4O2.ClH/c1-25-9-8-17-19(25)18(21(27)26-10-6-16(28-2)7-11-26)13-23-20(17)24-15-5-3-4-14(22)12-15;/h3-5,8-9,12-13,16H,6-7,10-11H2,1-2H3,(H,23,24);1H. The van der Waals surface area contributed by atoms with Gasteiger partial charge >= 0.3 is 0 Å². The number of rotatable bonds is 4. The average molecular weight is 435 g/mol. The van der Waals surface area contributed by atoms with Gasteiger partial charge < -0.3 is 19.5 Å². The van der Waals surface area contributed by atoms with E-state index in [0.29, 0.717) is 29.5 Å². The third kappa shape index (κ3) is 4.34. The number of methoxy groups -OCH3 is 1. The monoisotopic (exact) mass is 434 g/mol. The summed E-state index contributed by atoms with van der Waals surface area (Å²) in [4.78, 5) is 19.6. The van der Waals surface area contributed by atoms with E-state index in [-0.39, 0.29) is 24.4 Å². The van der Waals surface area contributed by atoms with E-state index in [1.165, 1.54) is 0 Å². The van der Waals surface area contributed by atoms with Gasteiger partial charge in [0.05, 0.1) is 17.2 Å². The first-order valence-corrected chi connectivity index (χ1v) is 9.73. The molecular weight excluding hydrogens is 411 g/mol. The molecule has 1 N–H and O–H groups in total. The molecule has 1 aromatic carbocycles. The molecule has 3 aromatic rings. The number of pyridine rings is 1. The van der Waals surface area contributed by atoms with Gasteiger partial charge in [0.25, 0.3) is 5.91 Å². The fourth-order valence-corrected chi connectivity index (χ4v) is 3.93. The molecule has 154 valence electrons. The van der Waals surface area contributed by atoms with Crippen molar-refractivity contribution in [2.24, 2.45) is 7.05 Å². The summed E-state index contributed by atoms with van der Waals surface area (Å²) in [5.41, 5.74) is 2.35. The maximum Gasteiger partial charge on any atom is 0.257 e. The molecule has 0 spiro atoms. The third-order valence-corrected chi connectivity index (χ3v) is 5.52. The molecule has 0 aliphatic carbocycles. The van der Waals surface area contributed by atoms with Gasteiger partial charge in [0, 0.05) is 55.7 Å². The predicted molar refractivity (Wildman–Crippen MR) is 119 cm³/mol. The number of halogens is 2. The molecule has 1 fully saturated rings. The molecule has 0 unspecified atom stereocenters. The number of aryl methyl sites for hydroxylation is 1. The maximum atomic E-state index is 13.2. The van der Waals surface area contributed by atoms with Crippen molar-refractivity contribution in [1.82, 2.24) is 14.5 Å². The van der Waals surface area contributed by atoms with E-state index in [1.807, 2.05) is 53.0 Å². The number of hydrogen-bond acceptors (Lipinski definition) is 4. The lowest BCUT2D eigenvalue weighted by molar-refractivity contribution is 0.0351. The predicted octanol–water partition coefficient (Wildman–Crippen LogP) is 4.64. The molecule has 0 saturated carbocycles. The zero-order valence-corrected chi connectivity index (χ0v) is 18.0. The quantitative estimate of drug-likeness (QED) is 0.649. The van der Waals surface area contributed by atoms with E-state index in [2.05, 4.69) is 10.3 Å². The van der Waals surface area contributed by atoms with Crippen molar-refractivity contribution >= 4 is 52.3 Å². The number of ether oxygens (including phenoxy) is 1. The van der Waals surface area contributed by atoms with Crippen LogP contribution in [0.2, 0.25) is 5.02 Å². The largest absolute Gasteiger partial charge is 0.381 e. The van der Waals surface area contributed by atoms with Gasteiger partial charge in [0.15, 0.2) is 0 Å². The number of nitrogens with one attached hydrogen (secondary N) is 1. The average Bonchev–Trinajstić information content (AvgIpc) is 3.10. The molecule has 0 atom stereocenters. The summed E-state index contributed by atoms with van der Waals surface area (Å²) < 4.78 is 7.38. The highest BCUT2D eigenvalue weighted by molar-refractivity contribution is 6.30. The van der Waals surface area contributed by atoms with Gasteiger partial charge in [-0.05, 0) is 37.1 Å². The van der Waals surface area contributed by atoms with Crippen molar-refractivity contribution in [3.63, 3.8) is 0 Å². The number of carbonyl (C=O) groups excluding carboxylic acids is 1. The summed E-state index contributed by atoms with van der Waals surface area (Å²) in [6.07, 6.45) is 5.57. The zero-order chi connectivity index (χ0) is 19.7. The van der Waals surface area contributed by atoms with Crippen molar-refractivity contribution in [2.45, 2.75) is 18.9 Å². The molecule has 1 aliphatic heterocycles. The van der Waals surface area contributed by atoms with Gasteiger partial charge in [-0.25, -0.2) is 4.98 Å². The Labute approximate surface area is 181 Å². The number of fused-ring (bicyclic) bond motifs is 1. The van der Waals surface area contributed by atoms with Crippen LogP contribution in [0, 0.1) is 0 Å². The number of aromatic nitrogens is 2. The zero-order valence-electron chi connectivity index (χ0n) is 16.4. The second-order valence-electron chi connectivity index (χ2n) is 7.07. The molecule has 29 heavy (non-hydrogen) atoms. The molecule has 1 saturated heterocycles. The fourth-order valence-electron chi connectivity index (χ4n) is 3.74. The van der Waals surface area contributed by atoms with Crippen LogP contribution in [-0.4, -0.2) is 46.7 Å². The number of nitrogens with zero attached hydrogens (tertiary/aromatic N) is 3. The normalized spacial score (nSPS) is 14.7. The first-order chi connectivity index (χ1) is 13.6. The lowest BCUT2D eigenvalue weighted by Gasteiger charge is -2.31. The summed E-state index contributed by atoms with van der Waals surface area (Å²) >= 11 is 6.08. The minimum Gasteiger partial charge on any atom is -0.381 e. The summed E-state index contributed by atoms with van der Waals surface area (Å²) in [7, 11) is 3.67. The van der Waals surface area contributed by atoms with Crippen LogP contribution in [0.3, 0.4) is 0 Å². The van der Waals surface area contributed by atoms with E-state index >= 15 is 0 Å². The Morgan fingerprint density at radius 2 is 2.03 bits per heavy atom. The van der Waals surface area contributed by atoms with E-state index in [0.717, 1.165) is 29.4 Å². The number of hydrogen-bond donors (Lipinski definition) is 1. The van der Waals surface area contributed by atoms with Crippen molar-refractivity contribution in [1.29, 1.82) is 0 Å². The number of piperidine rings is 1. The van der Waals surface area contributed by atoms with Gasteiger partial charge in [-0.15, -0.1) is 12.4 Å². The Kier molecular flexibility index (Phi) is 6.67. The van der Waals surface area contributed by atoms with Crippen LogP contribution in [0.1, 0.15) is 23.2 Å². The van der Waals surface area contributed by atoms with Crippen LogP contribution >= 0.6 is 24.0 Å². The Morgan fingerprint density at radius 1 is 1.28 bits per heavy atom. The maximum absolute atomic E-state index is 13.2. The molecule has 6 nitrogen and oxygen atoms in total. The Hall–Kier alpha value is -2.28. The van der Waals surface area contributed by atoms with Crippen LogP contribution in [0.15, 0.2) is 42.7 Å². The Balaban J connectivity index is 0.00000240. The first-order valence-electron chi connectivity index (χ1n) is 9.35. The lowest BCUT2D eigenvalue weighted by atomic mass is 10.1. The highest BCUT2D eigenvalue weighted by Crippen LogP contribution is 2.29. The second kappa shape index (κ2) is 9.03. The molecule has 8 heteroatoms. The minimum absolute atomic E-state index is 0. The van der Waals surface area contributed by atoms with E-state index < -0.39 is 0 Å². The highest BCUT2D eigenvalue weighted by Gasteiger charge is 2.26. The summed E-state index contributed by atoms with van der Waals surface area (Å²) in [6.45, 7) is 1.40. The minimum atomic E-state index is 0. The number of amides is 1. The van der Waals surface area contributed by atoms with Crippen LogP contribution < -0.4 is 5.32 Å². The van der Waals surface area contributed by atoms with Gasteiger partial charge in [-0.1, -0.05) is 17.7 Å². The van der Waals surface area contributed by atoms with Gasteiger partial charge in [0.2, 0.25) is 0 Å². The van der Waals surface area contributed by atoms with Crippen LogP contribution in [0.25, 0.3) is 10.9 Å². The van der Waals surface area contributed by atoms with Crippen LogP contribution in [-0.2, 0) is 11.8 Å². The topological polar surface area (TPSA) is 59.4 Å². The number of carbonyl (C=O) groups is 1. The van der Waals surface area contributed by atoms with E-state index in [4.69, 9.17) is 16.3 Å². The summed E-state index contributed by atoms with van der Waals surface area (Å²) in [6, 6.07) is 9.46. The molecule has 4 rings (SSSR count). The second-order valence-corrected chi connectivity index (χ2v) is 7.51. The molecule has 1 aliphatic rings. The molecule has 1 amide bonds. The molecule has 3 heterocycles. The summed E-state index contributed by atoms with van der Waals surface area (Å²) in [5, 5.41) is 4.87. The number of likely N-dealkylation sites (tertiary alicyclic amines) is 1. The van der Waals surface area contributed by atoms with Crippen molar-refractivity contribution < 1.29 is 9.53 Å². The van der Waals surface area contributed by atoms with Gasteiger partial charge in [-0.2, -0.15) is 0 Å². The van der Waals surface area contributed by atoms with Crippen molar-refractivity contribution in [3.8, 4) is 0 Å². The van der Waals surface area contributed by atoms with Gasteiger partial charge in [0.1, 0.15) is 5.82 Å². The molecule has 2 aromatic heterocycles. The molecule has 0 bridgehead atoms. The number of benzene rings is 1. The van der Waals surface area contributed by atoms with Crippen LogP contribution in [0.4, 0.5) is 11.5 Å². The summed E-state index contributed by atoms with van der Waals surface area (Å²) in [5.74, 6) is 0.718. The van der Waals surface area contributed by atoms with Crippen LogP contribution in [0.5, 0.6) is 0 Å². The van der Waals surface area contributed by atoms with E-state index in [1.54, 1.807) is 13.3 Å². The molecular formula is C21H24Cl2N4O2. The first kappa shape index (κ1) is 21.4. The lowest BCUT2D eigenvalue weighted by Crippen LogP contribution is -2.40. The number of anilines is 2. The Bertz CT molecular complexity index is 1010. The molecule has 0 radical (unpaired) electrons. The Morgan fingerprint density at radius 3 is 2.72 bits per heavy atom. The van der Waals surface area contributed by atoms with Crippen molar-refractivity contribution in [3.05, 3.63) is 53.3 Å². The van der Waals surface area contributed by atoms with Gasteiger partial charge in [-0.3, -0.25) is 4.79 Å². The van der Waals surface area contributed by atoms with E-state index in [9.17, 15) is 4.79 Å². The fraction of sp³-hybridized carbons (Fsp3) is 0.333.